The third-order valence-electron chi connectivity index (χ3n) is 5.66. The lowest BCUT2D eigenvalue weighted by molar-refractivity contribution is -0.121. The van der Waals surface area contributed by atoms with E-state index in [0.717, 1.165) is 16.9 Å². The summed E-state index contributed by atoms with van der Waals surface area (Å²) in [6.45, 7) is 3.95. The lowest BCUT2D eigenvalue weighted by Gasteiger charge is -2.10. The predicted octanol–water partition coefficient (Wildman–Crippen LogP) is 2.58. The number of methoxy groups -OCH3 is 2. The predicted molar refractivity (Wildman–Crippen MR) is 129 cm³/mol. The van der Waals surface area contributed by atoms with Crippen LogP contribution in [0.1, 0.15) is 17.0 Å². The van der Waals surface area contributed by atoms with E-state index in [1.54, 1.807) is 18.9 Å². The fourth-order valence-corrected chi connectivity index (χ4v) is 3.99. The Morgan fingerprint density at radius 1 is 1.00 bits per heavy atom. The number of nitrogens with zero attached hydrogens (tertiary/aromatic N) is 4. The molecule has 0 radical (unpaired) electrons. The highest BCUT2D eigenvalue weighted by atomic mass is 16.5. The largest absolute Gasteiger partial charge is 0.493 e. The maximum absolute atomic E-state index is 13.1. The van der Waals surface area contributed by atoms with Crippen molar-refractivity contribution >= 4 is 16.8 Å². The maximum atomic E-state index is 13.1. The molecular weight excluding hydrogens is 434 g/mol. The highest BCUT2D eigenvalue weighted by Crippen LogP contribution is 2.27. The molecule has 1 N–H and O–H groups in total. The van der Waals surface area contributed by atoms with Gasteiger partial charge in [0.15, 0.2) is 17.0 Å². The Morgan fingerprint density at radius 2 is 1.74 bits per heavy atom. The molecule has 34 heavy (non-hydrogen) atoms. The minimum atomic E-state index is -0.395. The summed E-state index contributed by atoms with van der Waals surface area (Å²) in [5.74, 6) is 0.987. The molecule has 2 aromatic heterocycles. The summed E-state index contributed by atoms with van der Waals surface area (Å²) < 4.78 is 13.5. The van der Waals surface area contributed by atoms with Crippen LogP contribution in [-0.4, -0.2) is 46.2 Å². The van der Waals surface area contributed by atoms with Gasteiger partial charge in [-0.05, 0) is 50.1 Å². The molecule has 1 amide bonds. The van der Waals surface area contributed by atoms with Gasteiger partial charge in [0.1, 0.15) is 6.54 Å². The summed E-state index contributed by atoms with van der Waals surface area (Å²) >= 11 is 0. The molecule has 0 fully saturated rings. The molecule has 2 aromatic carbocycles. The van der Waals surface area contributed by atoms with Gasteiger partial charge in [-0.2, -0.15) is 10.2 Å². The number of ether oxygens (including phenoxy) is 2. The van der Waals surface area contributed by atoms with Gasteiger partial charge < -0.3 is 14.8 Å². The van der Waals surface area contributed by atoms with E-state index in [1.807, 2.05) is 62.4 Å². The monoisotopic (exact) mass is 461 g/mol. The second-order valence-electron chi connectivity index (χ2n) is 7.89. The number of carbonyl (C=O) groups is 1. The highest BCUT2D eigenvalue weighted by molar-refractivity contribution is 5.83. The Balaban J connectivity index is 1.48. The average molecular weight is 462 g/mol. The van der Waals surface area contributed by atoms with Crippen LogP contribution in [0, 0.1) is 13.8 Å². The van der Waals surface area contributed by atoms with E-state index in [1.165, 1.54) is 4.68 Å². The second kappa shape index (κ2) is 9.78. The number of rotatable bonds is 8. The molecular formula is C25H27N5O4. The van der Waals surface area contributed by atoms with E-state index in [4.69, 9.17) is 9.47 Å². The van der Waals surface area contributed by atoms with Gasteiger partial charge >= 0.3 is 0 Å². The number of fused-ring (bicyclic) bond motifs is 1. The zero-order chi connectivity index (χ0) is 24.2. The van der Waals surface area contributed by atoms with E-state index in [9.17, 15) is 9.59 Å². The molecule has 0 spiro atoms. The van der Waals surface area contributed by atoms with Crippen molar-refractivity contribution in [3.05, 3.63) is 75.8 Å². The quantitative estimate of drug-likeness (QED) is 0.433. The standard InChI is InChI=1S/C25H27N5O4/c1-16-23-17(2)30(19-8-6-5-7-9-19)28-24(23)25(32)29(27-16)15-22(31)26-13-12-18-10-11-20(33-3)21(14-18)34-4/h5-11,14H,12-13,15H2,1-4H3,(H,26,31). The Kier molecular flexibility index (Phi) is 6.62. The van der Waals surface area contributed by atoms with E-state index in [2.05, 4.69) is 15.5 Å². The number of hydrogen-bond donors (Lipinski definition) is 1. The van der Waals surface area contributed by atoms with Crippen LogP contribution in [0.4, 0.5) is 0 Å². The SMILES string of the molecule is COc1ccc(CCNC(=O)Cn2nc(C)c3c(C)n(-c4ccccc4)nc3c2=O)cc1OC. The van der Waals surface area contributed by atoms with Crippen LogP contribution >= 0.6 is 0 Å². The molecule has 0 saturated carbocycles. The molecule has 9 heteroatoms. The van der Waals surface area contributed by atoms with E-state index < -0.39 is 5.56 Å². The van der Waals surface area contributed by atoms with E-state index in [-0.39, 0.29) is 12.5 Å². The molecule has 9 nitrogen and oxygen atoms in total. The topological polar surface area (TPSA) is 100 Å². The minimum absolute atomic E-state index is 0.182. The van der Waals surface area contributed by atoms with Crippen LogP contribution in [0.15, 0.2) is 53.3 Å². The molecule has 4 aromatic rings. The molecule has 0 saturated heterocycles. The average Bonchev–Trinajstić information content (AvgIpc) is 3.20. The number of carbonyl (C=O) groups excluding carboxylic acids is 1. The number of aryl methyl sites for hydroxylation is 2. The van der Waals surface area contributed by atoms with Gasteiger partial charge in [-0.1, -0.05) is 24.3 Å². The molecule has 0 aliphatic rings. The third kappa shape index (κ3) is 4.50. The normalized spacial score (nSPS) is 10.9. The zero-order valence-corrected chi connectivity index (χ0v) is 19.7. The molecule has 4 rings (SSSR count). The number of nitrogens with one attached hydrogen (secondary N) is 1. The Morgan fingerprint density at radius 3 is 2.44 bits per heavy atom. The van der Waals surface area contributed by atoms with E-state index >= 15 is 0 Å². The van der Waals surface area contributed by atoms with Gasteiger partial charge in [0.2, 0.25) is 5.91 Å². The van der Waals surface area contributed by atoms with Crippen molar-refractivity contribution in [3.8, 4) is 17.2 Å². The number of benzene rings is 2. The first-order valence-electron chi connectivity index (χ1n) is 10.9. The Hall–Kier alpha value is -4.14. The van der Waals surface area contributed by atoms with Crippen LogP contribution in [0.5, 0.6) is 11.5 Å². The molecule has 2 heterocycles. The molecule has 0 aliphatic heterocycles. The van der Waals surface area contributed by atoms with Crippen molar-refractivity contribution in [1.29, 1.82) is 0 Å². The van der Waals surface area contributed by atoms with E-state index in [0.29, 0.717) is 41.1 Å². The Bertz CT molecular complexity index is 1390. The summed E-state index contributed by atoms with van der Waals surface area (Å²) in [6.07, 6.45) is 0.604. The van der Waals surface area contributed by atoms with Crippen molar-refractivity contribution < 1.29 is 14.3 Å². The van der Waals surface area contributed by atoms with Gasteiger partial charge in [0, 0.05) is 6.54 Å². The lowest BCUT2D eigenvalue weighted by atomic mass is 10.1. The molecule has 0 bridgehead atoms. The number of amides is 1. The summed E-state index contributed by atoms with van der Waals surface area (Å²) in [7, 11) is 3.16. The fraction of sp³-hybridized carbons (Fsp3) is 0.280. The highest BCUT2D eigenvalue weighted by Gasteiger charge is 2.18. The Labute approximate surface area is 196 Å². The van der Waals surface area contributed by atoms with Crippen LogP contribution in [0.25, 0.3) is 16.6 Å². The summed E-state index contributed by atoms with van der Waals surface area (Å²) in [5, 5.41) is 12.5. The lowest BCUT2D eigenvalue weighted by Crippen LogP contribution is -2.35. The number of hydrogen-bond acceptors (Lipinski definition) is 6. The van der Waals surface area contributed by atoms with Crippen LogP contribution in [0.3, 0.4) is 0 Å². The van der Waals surface area contributed by atoms with Crippen LogP contribution < -0.4 is 20.3 Å². The fourth-order valence-electron chi connectivity index (χ4n) is 3.99. The summed E-state index contributed by atoms with van der Waals surface area (Å²) in [6, 6.07) is 15.2. The second-order valence-corrected chi connectivity index (χ2v) is 7.89. The van der Waals surface area contributed by atoms with Gasteiger partial charge in [-0.3, -0.25) is 9.59 Å². The number of para-hydroxylation sites is 1. The minimum Gasteiger partial charge on any atom is -0.493 e. The van der Waals surface area contributed by atoms with Gasteiger partial charge in [0.25, 0.3) is 5.56 Å². The van der Waals surface area contributed by atoms with Gasteiger partial charge in [0.05, 0.1) is 36.7 Å². The summed E-state index contributed by atoms with van der Waals surface area (Å²) in [5.41, 5.74) is 3.23. The molecule has 0 unspecified atom stereocenters. The first-order valence-corrected chi connectivity index (χ1v) is 10.9. The molecule has 0 atom stereocenters. The van der Waals surface area contributed by atoms with Crippen LogP contribution in [0.2, 0.25) is 0 Å². The zero-order valence-electron chi connectivity index (χ0n) is 19.7. The molecule has 176 valence electrons. The maximum Gasteiger partial charge on any atom is 0.295 e. The first-order chi connectivity index (χ1) is 16.4. The number of aromatic nitrogens is 4. The molecule has 0 aliphatic carbocycles. The first kappa shape index (κ1) is 23.0. The van der Waals surface area contributed by atoms with Gasteiger partial charge in [-0.15, -0.1) is 0 Å². The third-order valence-corrected chi connectivity index (χ3v) is 5.66. The summed E-state index contributed by atoms with van der Waals surface area (Å²) in [4.78, 5) is 25.6. The van der Waals surface area contributed by atoms with Crippen molar-refractivity contribution in [1.82, 2.24) is 24.9 Å². The van der Waals surface area contributed by atoms with Crippen molar-refractivity contribution in [2.45, 2.75) is 26.8 Å². The van der Waals surface area contributed by atoms with Crippen molar-refractivity contribution in [2.75, 3.05) is 20.8 Å². The smallest absolute Gasteiger partial charge is 0.295 e. The van der Waals surface area contributed by atoms with Crippen molar-refractivity contribution in [3.63, 3.8) is 0 Å². The van der Waals surface area contributed by atoms with Crippen LogP contribution in [-0.2, 0) is 17.8 Å². The van der Waals surface area contributed by atoms with Crippen molar-refractivity contribution in [2.24, 2.45) is 0 Å². The van der Waals surface area contributed by atoms with Gasteiger partial charge in [-0.25, -0.2) is 9.36 Å².